The Kier molecular flexibility index (Phi) is 9.99. The van der Waals surface area contributed by atoms with Crippen LogP contribution in [0.5, 0.6) is 0 Å². The maximum atomic E-state index is 14.4. The van der Waals surface area contributed by atoms with E-state index >= 15 is 0 Å². The number of benzene rings is 1. The zero-order valence-electron chi connectivity index (χ0n) is 25.7. The smallest absolute Gasteiger partial charge is 0.256 e. The molecule has 11 heteroatoms. The van der Waals surface area contributed by atoms with Crippen LogP contribution in [0.3, 0.4) is 0 Å². The standard InChI is InChI=1S/C34H39FN6O4/c1-22-21-45-32(39-22)29-10-7-11-41(29)33(44)26-14-25(17-38-18-26)31(43)40-28(13-23-8-5-4-6-9-23)30(42)20-37-16-24-12-27(19-36-15-24)34(2,3)35/h4-6,8-9,12,14-15,17-19,21,28-30,37,42H,7,10-11,13,16,20H2,1-3H3,(H,40,43)/t28-,29?,30+/m0/s1. The number of carbonyl (C=O) groups is 2. The Morgan fingerprint density at radius 1 is 1.09 bits per heavy atom. The summed E-state index contributed by atoms with van der Waals surface area (Å²) in [6.07, 6.45) is 8.54. The number of likely N-dealkylation sites (tertiary alicyclic amines) is 1. The Balaban J connectivity index is 1.26. The summed E-state index contributed by atoms with van der Waals surface area (Å²) in [5, 5.41) is 17.4. The van der Waals surface area contributed by atoms with E-state index in [-0.39, 0.29) is 29.6 Å². The maximum Gasteiger partial charge on any atom is 0.256 e. The minimum absolute atomic E-state index is 0.161. The molecule has 3 aromatic heterocycles. The van der Waals surface area contributed by atoms with Gasteiger partial charge in [0.2, 0.25) is 5.89 Å². The van der Waals surface area contributed by atoms with Crippen molar-refractivity contribution < 1.29 is 23.5 Å². The van der Waals surface area contributed by atoms with Gasteiger partial charge >= 0.3 is 0 Å². The molecule has 0 spiro atoms. The predicted octanol–water partition coefficient (Wildman–Crippen LogP) is 4.45. The van der Waals surface area contributed by atoms with Crippen LogP contribution in [0.4, 0.5) is 4.39 Å². The maximum absolute atomic E-state index is 14.4. The summed E-state index contributed by atoms with van der Waals surface area (Å²) in [7, 11) is 0. The summed E-state index contributed by atoms with van der Waals surface area (Å²) >= 11 is 0. The van der Waals surface area contributed by atoms with Gasteiger partial charge in [-0.25, -0.2) is 9.37 Å². The molecule has 10 nitrogen and oxygen atoms in total. The van der Waals surface area contributed by atoms with E-state index in [1.165, 1.54) is 38.5 Å². The van der Waals surface area contributed by atoms with E-state index in [1.54, 1.807) is 23.4 Å². The number of hydrogen-bond donors (Lipinski definition) is 3. The van der Waals surface area contributed by atoms with Gasteiger partial charge in [-0.2, -0.15) is 0 Å². The molecule has 5 rings (SSSR count). The van der Waals surface area contributed by atoms with Gasteiger partial charge in [0.05, 0.1) is 29.0 Å². The van der Waals surface area contributed by atoms with Gasteiger partial charge in [0.25, 0.3) is 11.8 Å². The summed E-state index contributed by atoms with van der Waals surface area (Å²) in [5.41, 5.74) is 1.91. The Bertz CT molecular complexity index is 1610. The first-order valence-corrected chi connectivity index (χ1v) is 15.1. The lowest BCUT2D eigenvalue weighted by Gasteiger charge is -2.25. The Labute approximate surface area is 262 Å². The van der Waals surface area contributed by atoms with Crippen molar-refractivity contribution in [3.8, 4) is 0 Å². The largest absolute Gasteiger partial charge is 0.446 e. The van der Waals surface area contributed by atoms with Crippen LogP contribution in [0.15, 0.2) is 77.9 Å². The van der Waals surface area contributed by atoms with Gasteiger partial charge in [0.15, 0.2) is 0 Å². The quantitative estimate of drug-likeness (QED) is 0.213. The molecule has 236 valence electrons. The molecule has 3 atom stereocenters. The van der Waals surface area contributed by atoms with Crippen molar-refractivity contribution in [2.75, 3.05) is 13.1 Å². The predicted molar refractivity (Wildman–Crippen MR) is 166 cm³/mol. The molecule has 1 aliphatic rings. The number of aryl methyl sites for hydroxylation is 1. The molecule has 1 aliphatic heterocycles. The van der Waals surface area contributed by atoms with Crippen LogP contribution in [0.1, 0.15) is 81.7 Å². The summed E-state index contributed by atoms with van der Waals surface area (Å²) < 4.78 is 20.0. The lowest BCUT2D eigenvalue weighted by Crippen LogP contribution is -2.48. The van der Waals surface area contributed by atoms with Gasteiger partial charge in [-0.05, 0) is 63.3 Å². The Hall–Kier alpha value is -4.48. The van der Waals surface area contributed by atoms with Gasteiger partial charge in [-0.1, -0.05) is 30.3 Å². The number of carbonyl (C=O) groups excluding carboxylic acids is 2. The van der Waals surface area contributed by atoms with Crippen molar-refractivity contribution >= 4 is 11.8 Å². The van der Waals surface area contributed by atoms with Gasteiger partial charge in [0, 0.05) is 50.0 Å². The third-order valence-corrected chi connectivity index (χ3v) is 7.93. The number of halogens is 1. The number of amides is 2. The normalized spacial score (nSPS) is 16.4. The number of oxazole rings is 1. The Morgan fingerprint density at radius 2 is 1.84 bits per heavy atom. The number of nitrogens with one attached hydrogen (secondary N) is 2. The van der Waals surface area contributed by atoms with Crippen molar-refractivity contribution in [1.29, 1.82) is 0 Å². The van der Waals surface area contributed by atoms with Crippen LogP contribution in [0.25, 0.3) is 0 Å². The van der Waals surface area contributed by atoms with Crippen molar-refractivity contribution in [1.82, 2.24) is 30.5 Å². The zero-order chi connectivity index (χ0) is 32.0. The molecule has 0 radical (unpaired) electrons. The minimum atomic E-state index is -1.52. The van der Waals surface area contributed by atoms with Gasteiger partial charge in [0.1, 0.15) is 18.0 Å². The number of aliphatic hydroxyl groups is 1. The number of nitrogens with zero attached hydrogens (tertiary/aromatic N) is 4. The molecular formula is C34H39FN6O4. The average molecular weight is 615 g/mol. The first-order valence-electron chi connectivity index (χ1n) is 15.1. The van der Waals surface area contributed by atoms with Crippen LogP contribution >= 0.6 is 0 Å². The summed E-state index contributed by atoms with van der Waals surface area (Å²) in [6, 6.07) is 11.9. The number of pyridine rings is 2. The fourth-order valence-electron chi connectivity index (χ4n) is 5.46. The molecule has 2 amide bonds. The van der Waals surface area contributed by atoms with E-state index in [1.807, 2.05) is 37.3 Å². The molecule has 0 bridgehead atoms. The van der Waals surface area contributed by atoms with Crippen molar-refractivity contribution in [2.45, 2.75) is 70.4 Å². The van der Waals surface area contributed by atoms with E-state index in [0.717, 1.165) is 29.7 Å². The van der Waals surface area contributed by atoms with Gasteiger partial charge < -0.3 is 25.1 Å². The molecule has 0 saturated carbocycles. The number of alkyl halides is 1. The SMILES string of the molecule is Cc1coc(C2CCCN2C(=O)c2cncc(C(=O)N[C@@H](Cc3ccccc3)[C@H](O)CNCc3cncc(C(C)(C)F)c3)c2)n1. The fraction of sp³-hybridized carbons (Fsp3) is 0.382. The minimum Gasteiger partial charge on any atom is -0.446 e. The second-order valence-corrected chi connectivity index (χ2v) is 12.0. The molecular weight excluding hydrogens is 575 g/mol. The molecule has 1 fully saturated rings. The monoisotopic (exact) mass is 614 g/mol. The highest BCUT2D eigenvalue weighted by molar-refractivity contribution is 5.99. The van der Waals surface area contributed by atoms with Crippen LogP contribution in [-0.2, 0) is 18.6 Å². The van der Waals surface area contributed by atoms with Crippen molar-refractivity contribution in [3.63, 3.8) is 0 Å². The van der Waals surface area contributed by atoms with Crippen LogP contribution in [-0.4, -0.2) is 62.0 Å². The van der Waals surface area contributed by atoms with E-state index in [4.69, 9.17) is 4.42 Å². The average Bonchev–Trinajstić information content (AvgIpc) is 3.70. The molecule has 4 heterocycles. The second kappa shape index (κ2) is 14.1. The van der Waals surface area contributed by atoms with Crippen molar-refractivity contribution in [2.24, 2.45) is 0 Å². The highest BCUT2D eigenvalue weighted by Crippen LogP contribution is 2.32. The van der Waals surface area contributed by atoms with E-state index in [0.29, 0.717) is 31.0 Å². The fourth-order valence-corrected chi connectivity index (χ4v) is 5.46. The molecule has 0 aliphatic carbocycles. The molecule has 45 heavy (non-hydrogen) atoms. The Morgan fingerprint density at radius 3 is 2.58 bits per heavy atom. The van der Waals surface area contributed by atoms with Crippen LogP contribution in [0, 0.1) is 6.92 Å². The van der Waals surface area contributed by atoms with Crippen molar-refractivity contribution in [3.05, 3.63) is 113 Å². The number of aromatic nitrogens is 3. The van der Waals surface area contributed by atoms with Gasteiger partial charge in [-0.15, -0.1) is 0 Å². The lowest BCUT2D eigenvalue weighted by molar-refractivity contribution is 0.0715. The summed E-state index contributed by atoms with van der Waals surface area (Å²) in [5.74, 6) is -0.211. The lowest BCUT2D eigenvalue weighted by atomic mass is 10.00. The molecule has 3 N–H and O–H groups in total. The van der Waals surface area contributed by atoms with E-state index in [9.17, 15) is 19.1 Å². The highest BCUT2D eigenvalue weighted by Gasteiger charge is 2.34. The molecule has 1 unspecified atom stereocenters. The summed E-state index contributed by atoms with van der Waals surface area (Å²) in [6.45, 7) is 5.86. The van der Waals surface area contributed by atoms with Crippen LogP contribution in [0.2, 0.25) is 0 Å². The molecule has 4 aromatic rings. The molecule has 1 aromatic carbocycles. The number of hydrogen-bond acceptors (Lipinski definition) is 8. The van der Waals surface area contributed by atoms with E-state index in [2.05, 4.69) is 25.6 Å². The zero-order valence-corrected chi connectivity index (χ0v) is 25.7. The third-order valence-electron chi connectivity index (χ3n) is 7.93. The topological polar surface area (TPSA) is 133 Å². The second-order valence-electron chi connectivity index (χ2n) is 12.0. The first-order chi connectivity index (χ1) is 21.6. The van der Waals surface area contributed by atoms with E-state index < -0.39 is 23.7 Å². The highest BCUT2D eigenvalue weighted by atomic mass is 19.1. The van der Waals surface area contributed by atoms with Gasteiger partial charge in [-0.3, -0.25) is 19.6 Å². The first kappa shape index (κ1) is 31.9. The number of rotatable bonds is 12. The third kappa shape index (κ3) is 8.17. The number of aliphatic hydroxyl groups excluding tert-OH is 1. The summed E-state index contributed by atoms with van der Waals surface area (Å²) in [4.78, 5) is 41.4. The van der Waals surface area contributed by atoms with Crippen LogP contribution < -0.4 is 10.6 Å². The molecule has 1 saturated heterocycles.